The Kier molecular flexibility index (Phi) is 17.4. The molecule has 1 aromatic carbocycles. The molecule has 2 aromatic rings. The highest BCUT2D eigenvalue weighted by Crippen LogP contribution is 2.24. The molecule has 0 saturated heterocycles. The highest BCUT2D eigenvalue weighted by Gasteiger charge is 2.16. The molecule has 2 unspecified atom stereocenters. The Labute approximate surface area is 191 Å². The number of hydrogen-bond acceptors (Lipinski definition) is 7. The molecule has 0 amide bonds. The summed E-state index contributed by atoms with van der Waals surface area (Å²) in [5.41, 5.74) is 2.34. The van der Waals surface area contributed by atoms with Crippen LogP contribution in [-0.2, 0) is 25.5 Å². The number of ether oxygens (including phenoxy) is 2. The number of rotatable bonds is 12. The van der Waals surface area contributed by atoms with Crippen molar-refractivity contribution < 1.29 is 19.1 Å². The average Bonchev–Trinajstić information content (AvgIpc) is 3.23. The first-order chi connectivity index (χ1) is 15.0. The Hall–Kier alpha value is -2.09. The van der Waals surface area contributed by atoms with Gasteiger partial charge in [0.2, 0.25) is 0 Å². The Balaban J connectivity index is 0.00000113. The molecule has 0 fully saturated rings. The van der Waals surface area contributed by atoms with Gasteiger partial charge in [-0.2, -0.15) is 0 Å². The molecular weight excluding hydrogens is 412 g/mol. The van der Waals surface area contributed by atoms with Crippen LogP contribution in [-0.4, -0.2) is 50.1 Å². The third-order valence-electron chi connectivity index (χ3n) is 4.13. The maximum absolute atomic E-state index is 9.18. The number of hydrogen-bond donors (Lipinski definition) is 1. The molecule has 2 atom stereocenters. The van der Waals surface area contributed by atoms with E-state index in [0.717, 1.165) is 30.3 Å². The van der Waals surface area contributed by atoms with E-state index in [0.29, 0.717) is 31.1 Å². The number of nitrogens with zero attached hydrogens (tertiary/aromatic N) is 1. The third kappa shape index (κ3) is 13.8. The molecule has 0 spiro atoms. The summed E-state index contributed by atoms with van der Waals surface area (Å²) in [5, 5.41) is 6.99. The van der Waals surface area contributed by atoms with Crippen LogP contribution >= 0.6 is 11.3 Å². The van der Waals surface area contributed by atoms with Crippen LogP contribution in [0.25, 0.3) is 10.6 Å². The average molecular weight is 451 g/mol. The molecule has 1 N–H and O–H groups in total. The Morgan fingerprint density at radius 2 is 1.81 bits per heavy atom. The number of carbonyl (C=O) groups is 2. The second-order valence-electron chi connectivity index (χ2n) is 7.32. The van der Waals surface area contributed by atoms with E-state index >= 15 is 0 Å². The first-order valence-corrected chi connectivity index (χ1v) is 11.6. The van der Waals surface area contributed by atoms with Gasteiger partial charge in [0.1, 0.15) is 11.8 Å². The molecule has 6 nitrogen and oxygen atoms in total. The van der Waals surface area contributed by atoms with Gasteiger partial charge in [-0.1, -0.05) is 44.2 Å². The summed E-state index contributed by atoms with van der Waals surface area (Å²) >= 11 is 1.72. The quantitative estimate of drug-likeness (QED) is 0.469. The van der Waals surface area contributed by atoms with Crippen molar-refractivity contribution in [1.29, 1.82) is 0 Å². The fraction of sp³-hybridized carbons (Fsp3) is 0.542. The Morgan fingerprint density at radius 1 is 1.13 bits per heavy atom. The minimum Gasteiger partial charge on any atom is -0.468 e. The Bertz CT molecular complexity index is 679. The molecule has 0 radical (unpaired) electrons. The zero-order valence-corrected chi connectivity index (χ0v) is 20.3. The van der Waals surface area contributed by atoms with Gasteiger partial charge in [-0.15, -0.1) is 11.3 Å². The fourth-order valence-electron chi connectivity index (χ4n) is 3.04. The lowest BCUT2D eigenvalue weighted by Gasteiger charge is -2.24. The maximum atomic E-state index is 9.18. The summed E-state index contributed by atoms with van der Waals surface area (Å²) in [6.45, 7) is 15.0. The number of thiazole rings is 1. The van der Waals surface area contributed by atoms with Crippen molar-refractivity contribution in [2.24, 2.45) is 5.92 Å². The van der Waals surface area contributed by atoms with E-state index in [1.807, 2.05) is 19.8 Å². The number of carbonyl (C=O) groups excluding carboxylic acids is 2. The molecule has 7 heteroatoms. The summed E-state index contributed by atoms with van der Waals surface area (Å²) < 4.78 is 9.83. The standard InChI is InChI=1S/C20H30N2OS.C3H6O2.CH2O/c1-5-23-13-18(21-16(4)11-15(2)3)12-19-14-24-20(22-19)17-9-7-6-8-10-17;1-2-5-3-4;1-2/h6-10,14-16,18,21H,5,11-13H2,1-4H3;3H,2H2,1H3;1H2. The molecular formula is C24H38N2O4S. The van der Waals surface area contributed by atoms with Crippen LogP contribution in [0.3, 0.4) is 0 Å². The first-order valence-electron chi connectivity index (χ1n) is 10.7. The molecule has 0 bridgehead atoms. The van der Waals surface area contributed by atoms with Crippen molar-refractivity contribution in [2.75, 3.05) is 19.8 Å². The number of benzene rings is 1. The van der Waals surface area contributed by atoms with Gasteiger partial charge >= 0.3 is 0 Å². The smallest absolute Gasteiger partial charge is 0.293 e. The van der Waals surface area contributed by atoms with Gasteiger partial charge in [0, 0.05) is 36.1 Å². The van der Waals surface area contributed by atoms with Crippen LogP contribution in [0.5, 0.6) is 0 Å². The molecule has 174 valence electrons. The molecule has 0 aliphatic carbocycles. The van der Waals surface area contributed by atoms with E-state index in [-0.39, 0.29) is 0 Å². The van der Waals surface area contributed by atoms with Gasteiger partial charge in [-0.05, 0) is 33.1 Å². The van der Waals surface area contributed by atoms with Gasteiger partial charge in [0.05, 0.1) is 18.9 Å². The van der Waals surface area contributed by atoms with Crippen molar-refractivity contribution in [1.82, 2.24) is 10.3 Å². The molecule has 31 heavy (non-hydrogen) atoms. The molecule has 0 aliphatic heterocycles. The minimum absolute atomic E-state index is 0.310. The van der Waals surface area contributed by atoms with Crippen molar-refractivity contribution in [2.45, 2.75) is 59.5 Å². The summed E-state index contributed by atoms with van der Waals surface area (Å²) in [6, 6.07) is 11.2. The van der Waals surface area contributed by atoms with Crippen molar-refractivity contribution >= 4 is 24.6 Å². The lowest BCUT2D eigenvalue weighted by Crippen LogP contribution is -2.41. The van der Waals surface area contributed by atoms with E-state index in [9.17, 15) is 4.79 Å². The highest BCUT2D eigenvalue weighted by molar-refractivity contribution is 7.13. The van der Waals surface area contributed by atoms with Crippen LogP contribution in [0, 0.1) is 5.92 Å². The predicted octanol–water partition coefficient (Wildman–Crippen LogP) is 4.78. The molecule has 1 aromatic heterocycles. The predicted molar refractivity (Wildman–Crippen MR) is 128 cm³/mol. The van der Waals surface area contributed by atoms with Gasteiger partial charge < -0.3 is 19.6 Å². The first kappa shape index (κ1) is 28.9. The van der Waals surface area contributed by atoms with Crippen LogP contribution in [0.2, 0.25) is 0 Å². The summed E-state index contributed by atoms with van der Waals surface area (Å²) in [5.74, 6) is 0.698. The lowest BCUT2D eigenvalue weighted by atomic mass is 10.0. The monoisotopic (exact) mass is 450 g/mol. The van der Waals surface area contributed by atoms with Gasteiger partial charge in [0.25, 0.3) is 6.47 Å². The molecule has 0 saturated carbocycles. The fourth-order valence-corrected chi connectivity index (χ4v) is 3.88. The zero-order valence-electron chi connectivity index (χ0n) is 19.5. The molecule has 2 rings (SSSR count). The number of nitrogens with one attached hydrogen (secondary N) is 1. The van der Waals surface area contributed by atoms with Gasteiger partial charge in [0.15, 0.2) is 0 Å². The minimum atomic E-state index is 0.310. The van der Waals surface area contributed by atoms with E-state index in [1.54, 1.807) is 18.3 Å². The van der Waals surface area contributed by atoms with E-state index < -0.39 is 0 Å². The van der Waals surface area contributed by atoms with E-state index in [4.69, 9.17) is 14.5 Å². The molecule has 0 aliphatic rings. The second-order valence-corrected chi connectivity index (χ2v) is 8.18. The summed E-state index contributed by atoms with van der Waals surface area (Å²) in [4.78, 5) is 22.0. The topological polar surface area (TPSA) is 77.5 Å². The highest BCUT2D eigenvalue weighted by atomic mass is 32.1. The van der Waals surface area contributed by atoms with Gasteiger partial charge in [-0.25, -0.2) is 4.98 Å². The van der Waals surface area contributed by atoms with Gasteiger partial charge in [-0.3, -0.25) is 4.79 Å². The van der Waals surface area contributed by atoms with Crippen LogP contribution < -0.4 is 5.32 Å². The molecule has 1 heterocycles. The Morgan fingerprint density at radius 3 is 2.32 bits per heavy atom. The zero-order chi connectivity index (χ0) is 23.5. The summed E-state index contributed by atoms with van der Waals surface area (Å²) in [6.07, 6.45) is 2.08. The van der Waals surface area contributed by atoms with Crippen LogP contribution in [0.4, 0.5) is 0 Å². The second kappa shape index (κ2) is 18.7. The number of aromatic nitrogens is 1. The van der Waals surface area contributed by atoms with Crippen molar-refractivity contribution in [3.05, 3.63) is 41.4 Å². The maximum Gasteiger partial charge on any atom is 0.293 e. The largest absolute Gasteiger partial charge is 0.468 e. The SMILES string of the molecule is C=O.CCOC=O.CCOCC(Cc1csc(-c2ccccc2)n1)NC(C)CC(C)C. The summed E-state index contributed by atoms with van der Waals surface area (Å²) in [7, 11) is 0. The third-order valence-corrected chi connectivity index (χ3v) is 5.07. The van der Waals surface area contributed by atoms with E-state index in [2.05, 4.69) is 60.5 Å². The lowest BCUT2D eigenvalue weighted by molar-refractivity contribution is -0.128. The van der Waals surface area contributed by atoms with Crippen molar-refractivity contribution in [3.8, 4) is 10.6 Å². The van der Waals surface area contributed by atoms with Crippen LogP contribution in [0.15, 0.2) is 35.7 Å². The van der Waals surface area contributed by atoms with E-state index in [1.165, 1.54) is 12.0 Å². The van der Waals surface area contributed by atoms with Crippen molar-refractivity contribution in [3.63, 3.8) is 0 Å². The normalized spacial score (nSPS) is 12.1. The van der Waals surface area contributed by atoms with Crippen LogP contribution in [0.1, 0.15) is 46.7 Å².